The number of hydrogen-bond donors (Lipinski definition) is 2. The van der Waals surface area contributed by atoms with Crippen LogP contribution in [-0.2, 0) is 19.6 Å². The van der Waals surface area contributed by atoms with Gasteiger partial charge in [-0.05, 0) is 12.8 Å². The van der Waals surface area contributed by atoms with E-state index >= 15 is 0 Å². The molecule has 0 radical (unpaired) electrons. The maximum Gasteiger partial charge on any atom is 0.249 e. The number of ether oxygens (including phenoxy) is 1. The van der Waals surface area contributed by atoms with Gasteiger partial charge < -0.3 is 15.4 Å². The van der Waals surface area contributed by atoms with Crippen LogP contribution in [0.5, 0.6) is 0 Å². The van der Waals surface area contributed by atoms with Crippen molar-refractivity contribution >= 4 is 15.9 Å². The minimum Gasteiger partial charge on any atom is -0.368 e. The minimum atomic E-state index is -3.26. The van der Waals surface area contributed by atoms with E-state index in [2.05, 4.69) is 10.6 Å². The summed E-state index contributed by atoms with van der Waals surface area (Å²) in [4.78, 5) is 11.7. The second-order valence-electron chi connectivity index (χ2n) is 4.76. The van der Waals surface area contributed by atoms with E-state index in [1.807, 2.05) is 0 Å². The van der Waals surface area contributed by atoms with Gasteiger partial charge in [-0.3, -0.25) is 4.79 Å². The van der Waals surface area contributed by atoms with E-state index in [9.17, 15) is 13.2 Å². The molecule has 2 heterocycles. The Bertz CT molecular complexity index is 400. The smallest absolute Gasteiger partial charge is 0.249 e. The number of rotatable bonds is 5. The lowest BCUT2D eigenvalue weighted by Gasteiger charge is -2.26. The summed E-state index contributed by atoms with van der Waals surface area (Å²) in [5, 5.41) is 5.74. The van der Waals surface area contributed by atoms with Gasteiger partial charge in [0.25, 0.3) is 0 Å². The van der Waals surface area contributed by atoms with Crippen molar-refractivity contribution in [1.82, 2.24) is 14.9 Å². The van der Waals surface area contributed by atoms with Gasteiger partial charge in [0, 0.05) is 39.3 Å². The van der Waals surface area contributed by atoms with Crippen LogP contribution in [0.2, 0.25) is 0 Å². The molecule has 110 valence electrons. The Morgan fingerprint density at radius 3 is 2.74 bits per heavy atom. The molecule has 0 aromatic carbocycles. The van der Waals surface area contributed by atoms with E-state index in [-0.39, 0.29) is 18.2 Å². The number of nitrogens with one attached hydrogen (secondary N) is 2. The van der Waals surface area contributed by atoms with E-state index < -0.39 is 16.1 Å². The maximum absolute atomic E-state index is 12.0. The van der Waals surface area contributed by atoms with Crippen LogP contribution >= 0.6 is 0 Å². The molecule has 0 aromatic heterocycles. The number of nitrogens with zero attached hydrogens (tertiary/aromatic N) is 1. The van der Waals surface area contributed by atoms with Crippen molar-refractivity contribution < 1.29 is 17.9 Å². The summed E-state index contributed by atoms with van der Waals surface area (Å²) >= 11 is 0. The molecule has 19 heavy (non-hydrogen) atoms. The van der Waals surface area contributed by atoms with Gasteiger partial charge in [-0.15, -0.1) is 0 Å². The summed E-state index contributed by atoms with van der Waals surface area (Å²) in [6, 6.07) is 0. The van der Waals surface area contributed by atoms with Gasteiger partial charge in [-0.25, -0.2) is 8.42 Å². The third-order valence-electron chi connectivity index (χ3n) is 3.35. The Balaban J connectivity index is 1.73. The summed E-state index contributed by atoms with van der Waals surface area (Å²) in [6.45, 7) is 3.12. The SMILES string of the molecule is O=C(NCCS(=O)(=O)N1CCNCC1)C1CCCO1. The zero-order valence-corrected chi connectivity index (χ0v) is 11.7. The molecule has 2 N–H and O–H groups in total. The van der Waals surface area contributed by atoms with Gasteiger partial charge in [0.2, 0.25) is 15.9 Å². The first-order valence-electron chi connectivity index (χ1n) is 6.67. The lowest BCUT2D eigenvalue weighted by Crippen LogP contribution is -2.48. The summed E-state index contributed by atoms with van der Waals surface area (Å²) < 4.78 is 30.7. The molecule has 0 spiro atoms. The number of amides is 1. The molecule has 2 saturated heterocycles. The molecule has 7 nitrogen and oxygen atoms in total. The number of piperazine rings is 1. The Labute approximate surface area is 113 Å². The number of hydrogen-bond acceptors (Lipinski definition) is 5. The molecular formula is C11H21N3O4S. The highest BCUT2D eigenvalue weighted by atomic mass is 32.2. The third kappa shape index (κ3) is 4.13. The topological polar surface area (TPSA) is 87.7 Å². The molecule has 2 aliphatic rings. The molecule has 2 fully saturated rings. The van der Waals surface area contributed by atoms with E-state index in [1.165, 1.54) is 4.31 Å². The fourth-order valence-corrected chi connectivity index (χ4v) is 3.61. The molecule has 0 aromatic rings. The van der Waals surface area contributed by atoms with Crippen LogP contribution in [0.4, 0.5) is 0 Å². The standard InChI is InChI=1S/C11H21N3O4S/c15-11(10-2-1-8-18-10)13-5-9-19(16,17)14-6-3-12-4-7-14/h10,12H,1-9H2,(H,13,15). The second-order valence-corrected chi connectivity index (χ2v) is 6.85. The van der Waals surface area contributed by atoms with Gasteiger partial charge in [-0.2, -0.15) is 4.31 Å². The Morgan fingerprint density at radius 1 is 1.37 bits per heavy atom. The quantitative estimate of drug-likeness (QED) is 0.645. The summed E-state index contributed by atoms with van der Waals surface area (Å²) in [5.41, 5.74) is 0. The molecule has 0 aliphatic carbocycles. The van der Waals surface area contributed by atoms with Crippen molar-refractivity contribution in [3.63, 3.8) is 0 Å². The van der Waals surface area contributed by atoms with Crippen molar-refractivity contribution in [2.24, 2.45) is 0 Å². The van der Waals surface area contributed by atoms with Crippen molar-refractivity contribution in [2.45, 2.75) is 18.9 Å². The monoisotopic (exact) mass is 291 g/mol. The Morgan fingerprint density at radius 2 is 2.11 bits per heavy atom. The van der Waals surface area contributed by atoms with Gasteiger partial charge in [0.05, 0.1) is 5.75 Å². The first-order valence-corrected chi connectivity index (χ1v) is 8.28. The number of carbonyl (C=O) groups is 1. The predicted octanol–water partition coefficient (Wildman–Crippen LogP) is -1.48. The molecule has 2 aliphatic heterocycles. The molecule has 0 bridgehead atoms. The zero-order valence-electron chi connectivity index (χ0n) is 10.9. The van der Waals surface area contributed by atoms with E-state index in [0.29, 0.717) is 32.8 Å². The van der Waals surface area contributed by atoms with Crippen molar-refractivity contribution in [1.29, 1.82) is 0 Å². The highest BCUT2D eigenvalue weighted by molar-refractivity contribution is 7.89. The molecule has 0 saturated carbocycles. The summed E-state index contributed by atoms with van der Waals surface area (Å²) in [5.74, 6) is -0.251. The number of sulfonamides is 1. The van der Waals surface area contributed by atoms with Crippen LogP contribution in [0.25, 0.3) is 0 Å². The van der Waals surface area contributed by atoms with Crippen LogP contribution in [0.1, 0.15) is 12.8 Å². The third-order valence-corrected chi connectivity index (χ3v) is 5.22. The molecule has 1 atom stereocenters. The van der Waals surface area contributed by atoms with Gasteiger partial charge in [0.1, 0.15) is 6.10 Å². The van der Waals surface area contributed by atoms with E-state index in [1.54, 1.807) is 0 Å². The average Bonchev–Trinajstić information content (AvgIpc) is 2.93. The lowest BCUT2D eigenvalue weighted by molar-refractivity contribution is -0.129. The van der Waals surface area contributed by atoms with E-state index in [0.717, 1.165) is 12.8 Å². The molecule has 1 amide bonds. The fraction of sp³-hybridized carbons (Fsp3) is 0.909. The highest BCUT2D eigenvalue weighted by Gasteiger charge is 2.26. The molecule has 8 heteroatoms. The first-order chi connectivity index (χ1) is 9.09. The van der Waals surface area contributed by atoms with Crippen LogP contribution < -0.4 is 10.6 Å². The van der Waals surface area contributed by atoms with Crippen LogP contribution in [-0.4, -0.2) is 69.8 Å². The second kappa shape index (κ2) is 6.65. The minimum absolute atomic E-state index is 0.0501. The predicted molar refractivity (Wildman–Crippen MR) is 70.2 cm³/mol. The summed E-state index contributed by atoms with van der Waals surface area (Å²) in [7, 11) is -3.26. The van der Waals surface area contributed by atoms with Gasteiger partial charge in [-0.1, -0.05) is 0 Å². The molecule has 1 unspecified atom stereocenters. The normalized spacial score (nSPS) is 25.4. The molecule has 2 rings (SSSR count). The maximum atomic E-state index is 12.0. The first kappa shape index (κ1) is 14.7. The highest BCUT2D eigenvalue weighted by Crippen LogP contribution is 2.11. The summed E-state index contributed by atoms with van der Waals surface area (Å²) in [6.07, 6.45) is 1.20. The van der Waals surface area contributed by atoms with Crippen LogP contribution in [0.15, 0.2) is 0 Å². The van der Waals surface area contributed by atoms with Crippen molar-refractivity contribution in [3.8, 4) is 0 Å². The van der Waals surface area contributed by atoms with E-state index in [4.69, 9.17) is 4.74 Å². The number of carbonyl (C=O) groups excluding carboxylic acids is 1. The zero-order chi connectivity index (χ0) is 13.7. The van der Waals surface area contributed by atoms with Crippen LogP contribution in [0.3, 0.4) is 0 Å². The van der Waals surface area contributed by atoms with Gasteiger partial charge >= 0.3 is 0 Å². The van der Waals surface area contributed by atoms with Crippen molar-refractivity contribution in [2.75, 3.05) is 45.1 Å². The fourth-order valence-electron chi connectivity index (χ4n) is 2.25. The van der Waals surface area contributed by atoms with Crippen LogP contribution in [0, 0.1) is 0 Å². The average molecular weight is 291 g/mol. The van der Waals surface area contributed by atoms with Crippen molar-refractivity contribution in [3.05, 3.63) is 0 Å². The Kier molecular flexibility index (Phi) is 5.14. The molecular weight excluding hydrogens is 270 g/mol. The lowest BCUT2D eigenvalue weighted by atomic mass is 10.2. The van der Waals surface area contributed by atoms with Gasteiger partial charge in [0.15, 0.2) is 0 Å². The Hall–Kier alpha value is -0.700. The largest absolute Gasteiger partial charge is 0.368 e.